The van der Waals surface area contributed by atoms with Crippen molar-refractivity contribution in [1.82, 2.24) is 5.43 Å². The fourth-order valence-electron chi connectivity index (χ4n) is 2.22. The number of nitro groups is 1. The first-order valence-corrected chi connectivity index (χ1v) is 7.75. The van der Waals surface area contributed by atoms with Gasteiger partial charge in [-0.05, 0) is 31.2 Å². The molecule has 2 heterocycles. The SMILES string of the molecule is Cc1occc1C(=O)N/N=C/c1ccc(-c2ccc([N+](=O)[O-])cc2Cl)o1. The van der Waals surface area contributed by atoms with E-state index in [1.54, 1.807) is 25.1 Å². The molecule has 0 fully saturated rings. The number of carbonyl (C=O) groups is 1. The summed E-state index contributed by atoms with van der Waals surface area (Å²) in [4.78, 5) is 22.1. The van der Waals surface area contributed by atoms with Crippen molar-refractivity contribution >= 4 is 29.4 Å². The second-order valence-electron chi connectivity index (χ2n) is 5.21. The van der Waals surface area contributed by atoms with Gasteiger partial charge in [0.05, 0.1) is 28.0 Å². The highest BCUT2D eigenvalue weighted by molar-refractivity contribution is 6.33. The number of nitrogens with zero attached hydrogens (tertiary/aromatic N) is 2. The molecule has 0 atom stereocenters. The van der Waals surface area contributed by atoms with Crippen LogP contribution in [0.5, 0.6) is 0 Å². The lowest BCUT2D eigenvalue weighted by Crippen LogP contribution is -2.17. The van der Waals surface area contributed by atoms with Gasteiger partial charge in [0.15, 0.2) is 0 Å². The van der Waals surface area contributed by atoms with Gasteiger partial charge in [-0.25, -0.2) is 5.43 Å². The third-order valence-electron chi connectivity index (χ3n) is 3.52. The van der Waals surface area contributed by atoms with Gasteiger partial charge in [0, 0.05) is 17.7 Å². The third kappa shape index (κ3) is 3.65. The molecule has 2 aromatic heterocycles. The highest BCUT2D eigenvalue weighted by atomic mass is 35.5. The van der Waals surface area contributed by atoms with Crippen molar-refractivity contribution in [3.63, 3.8) is 0 Å². The molecule has 132 valence electrons. The summed E-state index contributed by atoms with van der Waals surface area (Å²) < 4.78 is 10.6. The number of hydrogen-bond donors (Lipinski definition) is 1. The molecule has 1 amide bonds. The Kier molecular flexibility index (Phi) is 4.85. The summed E-state index contributed by atoms with van der Waals surface area (Å²) in [7, 11) is 0. The lowest BCUT2D eigenvalue weighted by atomic mass is 10.1. The standard InChI is InChI=1S/C17H12ClN3O5/c1-10-13(6-7-25-10)17(22)20-19-9-12-3-5-16(26-12)14-4-2-11(21(23)24)8-15(14)18/h2-9H,1H3,(H,20,22)/b19-9+. The zero-order valence-corrected chi connectivity index (χ0v) is 14.2. The molecule has 0 bridgehead atoms. The largest absolute Gasteiger partial charge is 0.469 e. The van der Waals surface area contributed by atoms with Gasteiger partial charge in [-0.3, -0.25) is 14.9 Å². The number of rotatable bonds is 5. The van der Waals surface area contributed by atoms with Crippen molar-refractivity contribution in [3.05, 3.63) is 74.9 Å². The quantitative estimate of drug-likeness (QED) is 0.410. The predicted octanol–water partition coefficient (Wildman–Crippen LogP) is 4.17. The van der Waals surface area contributed by atoms with E-state index in [-0.39, 0.29) is 10.7 Å². The fourth-order valence-corrected chi connectivity index (χ4v) is 2.49. The zero-order valence-electron chi connectivity index (χ0n) is 13.4. The van der Waals surface area contributed by atoms with Gasteiger partial charge < -0.3 is 8.83 Å². The lowest BCUT2D eigenvalue weighted by molar-refractivity contribution is -0.384. The first-order chi connectivity index (χ1) is 12.5. The number of non-ortho nitro benzene ring substituents is 1. The Morgan fingerprint density at radius 2 is 2.12 bits per heavy atom. The van der Waals surface area contributed by atoms with Crippen LogP contribution in [0, 0.1) is 17.0 Å². The van der Waals surface area contributed by atoms with Gasteiger partial charge in [-0.2, -0.15) is 5.10 Å². The molecule has 0 aliphatic heterocycles. The topological polar surface area (TPSA) is 111 Å². The Morgan fingerprint density at radius 1 is 1.31 bits per heavy atom. The first kappa shape index (κ1) is 17.4. The van der Waals surface area contributed by atoms with E-state index in [1.807, 2.05) is 0 Å². The van der Waals surface area contributed by atoms with Gasteiger partial charge in [0.2, 0.25) is 0 Å². The Morgan fingerprint density at radius 3 is 2.77 bits per heavy atom. The third-order valence-corrected chi connectivity index (χ3v) is 3.83. The molecule has 0 aliphatic carbocycles. The number of aryl methyl sites for hydroxylation is 1. The highest BCUT2D eigenvalue weighted by Crippen LogP contribution is 2.32. The normalized spacial score (nSPS) is 11.0. The summed E-state index contributed by atoms with van der Waals surface area (Å²) in [5.74, 6) is 0.880. The molecule has 0 saturated heterocycles. The number of furan rings is 2. The van der Waals surface area contributed by atoms with Gasteiger partial charge in [-0.15, -0.1) is 0 Å². The summed E-state index contributed by atoms with van der Waals surface area (Å²) in [6.07, 6.45) is 2.75. The van der Waals surface area contributed by atoms with Crippen LogP contribution in [0.1, 0.15) is 21.9 Å². The van der Waals surface area contributed by atoms with E-state index in [1.165, 1.54) is 30.7 Å². The summed E-state index contributed by atoms with van der Waals surface area (Å²) in [6.45, 7) is 1.67. The Hall–Kier alpha value is -3.39. The van der Waals surface area contributed by atoms with Gasteiger partial charge in [0.1, 0.15) is 17.3 Å². The summed E-state index contributed by atoms with van der Waals surface area (Å²) >= 11 is 6.07. The maximum atomic E-state index is 11.9. The summed E-state index contributed by atoms with van der Waals surface area (Å²) in [6, 6.07) is 8.92. The van der Waals surface area contributed by atoms with Crippen molar-refractivity contribution in [3.8, 4) is 11.3 Å². The number of carbonyl (C=O) groups excluding carboxylic acids is 1. The Balaban J connectivity index is 1.71. The van der Waals surface area contributed by atoms with Crippen LogP contribution in [0.2, 0.25) is 5.02 Å². The van der Waals surface area contributed by atoms with E-state index in [4.69, 9.17) is 20.4 Å². The smallest absolute Gasteiger partial charge is 0.274 e. The van der Waals surface area contributed by atoms with Crippen molar-refractivity contribution in [2.75, 3.05) is 0 Å². The molecule has 0 saturated carbocycles. The number of amides is 1. The molecule has 3 rings (SSSR count). The van der Waals surface area contributed by atoms with Crippen LogP contribution < -0.4 is 5.43 Å². The predicted molar refractivity (Wildman–Crippen MR) is 94.3 cm³/mol. The minimum Gasteiger partial charge on any atom is -0.469 e. The molecule has 1 N–H and O–H groups in total. The Labute approximate surface area is 152 Å². The number of hydrogen-bond acceptors (Lipinski definition) is 6. The van der Waals surface area contributed by atoms with Crippen LogP contribution in [-0.2, 0) is 0 Å². The molecule has 0 spiro atoms. The zero-order chi connectivity index (χ0) is 18.7. The molecule has 1 aromatic carbocycles. The monoisotopic (exact) mass is 373 g/mol. The average Bonchev–Trinajstić information content (AvgIpc) is 3.23. The molecule has 9 heteroatoms. The second-order valence-corrected chi connectivity index (χ2v) is 5.62. The van der Waals surface area contributed by atoms with E-state index in [0.717, 1.165) is 0 Å². The molecule has 26 heavy (non-hydrogen) atoms. The van der Waals surface area contributed by atoms with Gasteiger partial charge in [0.25, 0.3) is 11.6 Å². The van der Waals surface area contributed by atoms with Crippen molar-refractivity contribution < 1.29 is 18.6 Å². The van der Waals surface area contributed by atoms with E-state index in [0.29, 0.717) is 28.4 Å². The molecule has 8 nitrogen and oxygen atoms in total. The first-order valence-electron chi connectivity index (χ1n) is 7.37. The number of nitrogens with one attached hydrogen (secondary N) is 1. The number of benzene rings is 1. The molecular formula is C17H12ClN3O5. The van der Waals surface area contributed by atoms with Gasteiger partial charge >= 0.3 is 0 Å². The Bertz CT molecular complexity index is 1010. The van der Waals surface area contributed by atoms with Gasteiger partial charge in [-0.1, -0.05) is 11.6 Å². The van der Waals surface area contributed by atoms with Crippen LogP contribution >= 0.6 is 11.6 Å². The van der Waals surface area contributed by atoms with Crippen LogP contribution in [0.15, 0.2) is 56.6 Å². The number of halogens is 1. The average molecular weight is 374 g/mol. The van der Waals surface area contributed by atoms with Crippen LogP contribution in [-0.4, -0.2) is 17.0 Å². The molecule has 0 unspecified atom stereocenters. The summed E-state index contributed by atoms with van der Waals surface area (Å²) in [5, 5.41) is 14.8. The maximum absolute atomic E-state index is 11.9. The number of hydrazone groups is 1. The molecular weight excluding hydrogens is 362 g/mol. The van der Waals surface area contributed by atoms with Crippen molar-refractivity contribution in [2.45, 2.75) is 6.92 Å². The molecule has 0 radical (unpaired) electrons. The van der Waals surface area contributed by atoms with Crippen LogP contribution in [0.3, 0.4) is 0 Å². The minimum atomic E-state index is -0.527. The second kappa shape index (κ2) is 7.24. The van der Waals surface area contributed by atoms with Crippen LogP contribution in [0.25, 0.3) is 11.3 Å². The molecule has 0 aliphatic rings. The minimum absolute atomic E-state index is 0.107. The van der Waals surface area contributed by atoms with Crippen molar-refractivity contribution in [2.24, 2.45) is 5.10 Å². The van der Waals surface area contributed by atoms with E-state index >= 15 is 0 Å². The van der Waals surface area contributed by atoms with E-state index in [2.05, 4.69) is 10.5 Å². The number of nitro benzene ring substituents is 1. The van der Waals surface area contributed by atoms with Crippen LogP contribution in [0.4, 0.5) is 5.69 Å². The lowest BCUT2D eigenvalue weighted by Gasteiger charge is -2.00. The van der Waals surface area contributed by atoms with E-state index in [9.17, 15) is 14.9 Å². The van der Waals surface area contributed by atoms with Crippen molar-refractivity contribution in [1.29, 1.82) is 0 Å². The maximum Gasteiger partial charge on any atom is 0.274 e. The molecule has 3 aromatic rings. The van der Waals surface area contributed by atoms with E-state index < -0.39 is 10.8 Å². The highest BCUT2D eigenvalue weighted by Gasteiger charge is 2.13. The fraction of sp³-hybridized carbons (Fsp3) is 0.0588. The summed E-state index contributed by atoms with van der Waals surface area (Å²) in [5.41, 5.74) is 3.16.